The third kappa shape index (κ3) is 3.85. The molecular weight excluding hydrogens is 320 g/mol. The summed E-state index contributed by atoms with van der Waals surface area (Å²) in [6.07, 6.45) is 2.49. The van der Waals surface area contributed by atoms with Gasteiger partial charge in [-0.1, -0.05) is 18.2 Å². The minimum atomic E-state index is -0.459. The zero-order valence-electron chi connectivity index (χ0n) is 14.8. The highest BCUT2D eigenvalue weighted by molar-refractivity contribution is 5.99. The lowest BCUT2D eigenvalue weighted by Gasteiger charge is -2.44. The van der Waals surface area contributed by atoms with Crippen molar-refractivity contribution in [2.24, 2.45) is 0 Å². The molecule has 0 bridgehead atoms. The average molecular weight is 346 g/mol. The van der Waals surface area contributed by atoms with Gasteiger partial charge in [0.25, 0.3) is 5.91 Å². The molecule has 1 fully saturated rings. The molecule has 2 heterocycles. The Balaban J connectivity index is 1.71. The summed E-state index contributed by atoms with van der Waals surface area (Å²) in [4.78, 5) is 27.3. The highest BCUT2D eigenvalue weighted by atomic mass is 16.5. The Kier molecular flexibility index (Phi) is 5.71. The second-order valence-electron chi connectivity index (χ2n) is 6.76. The molecule has 1 aromatic carbocycles. The Bertz CT molecular complexity index is 626. The lowest BCUT2D eigenvalue weighted by Crippen LogP contribution is -2.54. The smallest absolute Gasteiger partial charge is 0.254 e. The van der Waals surface area contributed by atoms with Crippen molar-refractivity contribution >= 4 is 11.8 Å². The van der Waals surface area contributed by atoms with Crippen LogP contribution >= 0.6 is 0 Å². The van der Waals surface area contributed by atoms with Gasteiger partial charge in [-0.2, -0.15) is 0 Å². The fourth-order valence-electron chi connectivity index (χ4n) is 3.74. The number of carbonyl (C=O) groups excluding carboxylic acids is 2. The maximum absolute atomic E-state index is 12.9. The maximum Gasteiger partial charge on any atom is 0.254 e. The van der Waals surface area contributed by atoms with Crippen LogP contribution in [0.5, 0.6) is 0 Å². The molecule has 6 nitrogen and oxygen atoms in total. The number of methoxy groups -OCH3 is 1. The fraction of sp³-hybridized carbons (Fsp3) is 0.579. The van der Waals surface area contributed by atoms with Crippen molar-refractivity contribution in [1.29, 1.82) is 0 Å². The lowest BCUT2D eigenvalue weighted by molar-refractivity contribution is -0.125. The van der Waals surface area contributed by atoms with Crippen molar-refractivity contribution in [2.75, 3.05) is 33.5 Å². The van der Waals surface area contributed by atoms with Crippen molar-refractivity contribution in [3.8, 4) is 0 Å². The first kappa shape index (κ1) is 17.9. The van der Waals surface area contributed by atoms with Crippen molar-refractivity contribution in [2.45, 2.75) is 37.8 Å². The van der Waals surface area contributed by atoms with Crippen LogP contribution in [0.15, 0.2) is 24.3 Å². The van der Waals surface area contributed by atoms with Crippen LogP contribution in [0.2, 0.25) is 0 Å². The number of nitrogens with zero attached hydrogens (tertiary/aromatic N) is 1. The molecule has 1 saturated heterocycles. The summed E-state index contributed by atoms with van der Waals surface area (Å²) in [5.41, 5.74) is 1.34. The molecule has 2 amide bonds. The van der Waals surface area contributed by atoms with Crippen molar-refractivity contribution in [3.63, 3.8) is 0 Å². The van der Waals surface area contributed by atoms with Gasteiger partial charge in [0.15, 0.2) is 0 Å². The zero-order valence-corrected chi connectivity index (χ0v) is 14.8. The van der Waals surface area contributed by atoms with Gasteiger partial charge in [-0.3, -0.25) is 9.59 Å². The van der Waals surface area contributed by atoms with Gasteiger partial charge in [-0.25, -0.2) is 0 Å². The molecule has 2 aliphatic heterocycles. The number of carbonyl (C=O) groups is 2. The van der Waals surface area contributed by atoms with Crippen LogP contribution in [0, 0.1) is 0 Å². The summed E-state index contributed by atoms with van der Waals surface area (Å²) >= 11 is 0. The second kappa shape index (κ2) is 7.97. The number of hydrogen-bond donors (Lipinski definition) is 1. The average Bonchev–Trinajstić information content (AvgIpc) is 2.97. The van der Waals surface area contributed by atoms with Gasteiger partial charge in [0, 0.05) is 45.6 Å². The Morgan fingerprint density at radius 3 is 2.80 bits per heavy atom. The van der Waals surface area contributed by atoms with Gasteiger partial charge in [0.05, 0.1) is 12.0 Å². The minimum Gasteiger partial charge on any atom is -0.385 e. The van der Waals surface area contributed by atoms with E-state index in [2.05, 4.69) is 5.32 Å². The van der Waals surface area contributed by atoms with Gasteiger partial charge >= 0.3 is 0 Å². The minimum absolute atomic E-state index is 0.0123. The van der Waals surface area contributed by atoms with Crippen LogP contribution in [0.1, 0.15) is 41.6 Å². The molecule has 0 aliphatic carbocycles. The van der Waals surface area contributed by atoms with Gasteiger partial charge in [0.2, 0.25) is 5.91 Å². The third-order valence-corrected chi connectivity index (χ3v) is 5.15. The number of ether oxygens (including phenoxy) is 2. The third-order valence-electron chi connectivity index (χ3n) is 5.15. The molecule has 0 saturated carbocycles. The molecule has 2 aliphatic rings. The first-order valence-corrected chi connectivity index (χ1v) is 8.89. The number of amides is 2. The molecule has 0 unspecified atom stereocenters. The standard InChI is InChI=1S/C19H26N2O4/c1-24-10-4-9-20-17(22)13-19(7-11-25-12-8-19)21-14-15-5-2-3-6-16(15)18(21)23/h2-3,5-6H,4,7-14H2,1H3,(H,20,22). The van der Waals surface area contributed by atoms with Gasteiger partial charge in [-0.05, 0) is 30.9 Å². The van der Waals surface area contributed by atoms with Gasteiger partial charge in [0.1, 0.15) is 0 Å². The largest absolute Gasteiger partial charge is 0.385 e. The quantitative estimate of drug-likeness (QED) is 0.764. The van der Waals surface area contributed by atoms with Crippen LogP contribution in [-0.4, -0.2) is 55.7 Å². The molecular formula is C19H26N2O4. The zero-order chi connectivity index (χ0) is 17.7. The van der Waals surface area contributed by atoms with E-state index in [1.807, 2.05) is 29.2 Å². The van der Waals surface area contributed by atoms with Crippen LogP contribution in [-0.2, 0) is 20.8 Å². The molecule has 6 heteroatoms. The molecule has 25 heavy (non-hydrogen) atoms. The second-order valence-corrected chi connectivity index (χ2v) is 6.76. The van der Waals surface area contributed by atoms with Crippen LogP contribution in [0.25, 0.3) is 0 Å². The van der Waals surface area contributed by atoms with Crippen LogP contribution < -0.4 is 5.32 Å². The number of rotatable bonds is 7. The normalized spacial score (nSPS) is 18.9. The first-order chi connectivity index (χ1) is 12.2. The Hall–Kier alpha value is -1.92. The van der Waals surface area contributed by atoms with E-state index in [-0.39, 0.29) is 11.8 Å². The summed E-state index contributed by atoms with van der Waals surface area (Å²) < 4.78 is 10.5. The van der Waals surface area contributed by atoms with Crippen LogP contribution in [0.4, 0.5) is 0 Å². The monoisotopic (exact) mass is 346 g/mol. The Morgan fingerprint density at radius 1 is 1.32 bits per heavy atom. The summed E-state index contributed by atoms with van der Waals surface area (Å²) in [7, 11) is 1.65. The Morgan fingerprint density at radius 2 is 2.08 bits per heavy atom. The fourth-order valence-corrected chi connectivity index (χ4v) is 3.74. The first-order valence-electron chi connectivity index (χ1n) is 8.89. The molecule has 0 radical (unpaired) electrons. The molecule has 1 aromatic rings. The SMILES string of the molecule is COCCCNC(=O)CC1(N2Cc3ccccc3C2=O)CCOCC1. The van der Waals surface area contributed by atoms with E-state index in [1.54, 1.807) is 7.11 Å². The molecule has 0 aromatic heterocycles. The Labute approximate surface area is 148 Å². The molecule has 0 spiro atoms. The predicted molar refractivity (Wildman–Crippen MR) is 93.2 cm³/mol. The molecule has 0 atom stereocenters. The molecule has 136 valence electrons. The highest BCUT2D eigenvalue weighted by Crippen LogP contribution is 2.37. The van der Waals surface area contributed by atoms with E-state index in [1.165, 1.54) is 0 Å². The number of nitrogens with one attached hydrogen (secondary N) is 1. The predicted octanol–water partition coefficient (Wildman–Crippen LogP) is 1.73. The summed E-state index contributed by atoms with van der Waals surface area (Å²) in [6, 6.07) is 7.70. The highest BCUT2D eigenvalue weighted by Gasteiger charge is 2.45. The summed E-state index contributed by atoms with van der Waals surface area (Å²) in [5, 5.41) is 2.95. The molecule has 3 rings (SSSR count). The van der Waals surface area contributed by atoms with E-state index >= 15 is 0 Å². The van der Waals surface area contributed by atoms with E-state index in [0.29, 0.717) is 52.2 Å². The van der Waals surface area contributed by atoms with E-state index < -0.39 is 5.54 Å². The number of fused-ring (bicyclic) bond motifs is 1. The van der Waals surface area contributed by atoms with Gasteiger partial charge < -0.3 is 19.7 Å². The van der Waals surface area contributed by atoms with E-state index in [9.17, 15) is 9.59 Å². The number of benzene rings is 1. The van der Waals surface area contributed by atoms with E-state index in [4.69, 9.17) is 9.47 Å². The molecule has 1 N–H and O–H groups in total. The van der Waals surface area contributed by atoms with Gasteiger partial charge in [-0.15, -0.1) is 0 Å². The number of hydrogen-bond acceptors (Lipinski definition) is 4. The summed E-state index contributed by atoms with van der Waals surface area (Å²) in [6.45, 7) is 2.95. The summed E-state index contributed by atoms with van der Waals surface area (Å²) in [5.74, 6) is 0.0199. The van der Waals surface area contributed by atoms with Crippen molar-refractivity contribution in [3.05, 3.63) is 35.4 Å². The topological polar surface area (TPSA) is 67.9 Å². The van der Waals surface area contributed by atoms with Crippen molar-refractivity contribution in [1.82, 2.24) is 10.2 Å². The van der Waals surface area contributed by atoms with Crippen LogP contribution in [0.3, 0.4) is 0 Å². The maximum atomic E-state index is 12.9. The lowest BCUT2D eigenvalue weighted by atomic mass is 9.84. The van der Waals surface area contributed by atoms with E-state index in [0.717, 1.165) is 17.5 Å². The van der Waals surface area contributed by atoms with Crippen molar-refractivity contribution < 1.29 is 19.1 Å².